The summed E-state index contributed by atoms with van der Waals surface area (Å²) in [5.41, 5.74) is 0. The largest absolute Gasteiger partial charge is 0.352 e. The van der Waals surface area contributed by atoms with E-state index in [0.29, 0.717) is 0 Å². The van der Waals surface area contributed by atoms with Crippen molar-refractivity contribution in [2.45, 2.75) is 63.3 Å². The van der Waals surface area contributed by atoms with Crippen LogP contribution in [-0.2, 0) is 4.79 Å². The fraction of sp³-hybridized carbons (Fsp3) is 0.867. The Morgan fingerprint density at radius 2 is 1.95 bits per heavy atom. The second-order valence-corrected chi connectivity index (χ2v) is 6.73. The van der Waals surface area contributed by atoms with E-state index in [1.165, 1.54) is 0 Å². The van der Waals surface area contributed by atoms with Crippen LogP contribution in [0.15, 0.2) is 0 Å². The fourth-order valence-electron chi connectivity index (χ4n) is 2.61. The highest BCUT2D eigenvalue weighted by Crippen LogP contribution is 2.34. The SMILES string of the molecule is CCC(CC)NC(=O)C(C)N1CCC(C#N)(SC)CC1. The predicted octanol–water partition coefficient (Wildman–Crippen LogP) is 2.40. The summed E-state index contributed by atoms with van der Waals surface area (Å²) in [5.74, 6) is 0.118. The minimum atomic E-state index is -0.248. The Hall–Kier alpha value is -0.730. The molecule has 0 aliphatic carbocycles. The number of thioether (sulfide) groups is 1. The molecule has 4 nitrogen and oxygen atoms in total. The molecule has 0 saturated carbocycles. The van der Waals surface area contributed by atoms with E-state index in [2.05, 4.69) is 30.1 Å². The number of likely N-dealkylation sites (tertiary alicyclic amines) is 1. The maximum Gasteiger partial charge on any atom is 0.237 e. The summed E-state index contributed by atoms with van der Waals surface area (Å²) in [4.78, 5) is 14.4. The lowest BCUT2D eigenvalue weighted by molar-refractivity contribution is -0.127. The molecule has 1 atom stereocenters. The van der Waals surface area contributed by atoms with E-state index in [1.807, 2.05) is 13.2 Å². The lowest BCUT2D eigenvalue weighted by atomic mass is 9.96. The maximum atomic E-state index is 12.2. The lowest BCUT2D eigenvalue weighted by Gasteiger charge is -2.38. The van der Waals surface area contributed by atoms with Crippen molar-refractivity contribution >= 4 is 17.7 Å². The van der Waals surface area contributed by atoms with Gasteiger partial charge >= 0.3 is 0 Å². The molecule has 114 valence electrons. The van der Waals surface area contributed by atoms with Crippen molar-refractivity contribution in [3.8, 4) is 6.07 Å². The molecule has 1 amide bonds. The van der Waals surface area contributed by atoms with Gasteiger partial charge in [0.15, 0.2) is 0 Å². The smallest absolute Gasteiger partial charge is 0.237 e. The van der Waals surface area contributed by atoms with Gasteiger partial charge in [0.25, 0.3) is 0 Å². The zero-order valence-corrected chi connectivity index (χ0v) is 13.9. The summed E-state index contributed by atoms with van der Waals surface area (Å²) in [6.07, 6.45) is 5.63. The minimum Gasteiger partial charge on any atom is -0.352 e. The van der Waals surface area contributed by atoms with Crippen LogP contribution in [0.3, 0.4) is 0 Å². The van der Waals surface area contributed by atoms with Crippen LogP contribution in [0.5, 0.6) is 0 Å². The molecule has 0 aromatic carbocycles. The average Bonchev–Trinajstić information content (AvgIpc) is 2.51. The average molecular weight is 297 g/mol. The zero-order valence-electron chi connectivity index (χ0n) is 13.1. The van der Waals surface area contributed by atoms with Gasteiger partial charge in [-0.1, -0.05) is 13.8 Å². The number of nitrogens with zero attached hydrogens (tertiary/aromatic N) is 2. The molecule has 1 N–H and O–H groups in total. The minimum absolute atomic E-state index is 0.103. The summed E-state index contributed by atoms with van der Waals surface area (Å²) in [6.45, 7) is 7.81. The van der Waals surface area contributed by atoms with Crippen LogP contribution in [0.1, 0.15) is 46.5 Å². The van der Waals surface area contributed by atoms with Gasteiger partial charge in [-0.15, -0.1) is 11.8 Å². The third-order valence-electron chi connectivity index (χ3n) is 4.46. The van der Waals surface area contributed by atoms with Gasteiger partial charge in [0, 0.05) is 19.1 Å². The number of nitrogens with one attached hydrogen (secondary N) is 1. The third kappa shape index (κ3) is 4.13. The Morgan fingerprint density at radius 1 is 1.40 bits per heavy atom. The molecule has 0 bridgehead atoms. The van der Waals surface area contributed by atoms with Crippen LogP contribution < -0.4 is 5.32 Å². The van der Waals surface area contributed by atoms with E-state index in [-0.39, 0.29) is 22.7 Å². The van der Waals surface area contributed by atoms with Crippen LogP contribution in [0.25, 0.3) is 0 Å². The zero-order chi connectivity index (χ0) is 15.2. The molecule has 1 aliphatic rings. The molecule has 1 fully saturated rings. The van der Waals surface area contributed by atoms with Crippen molar-refractivity contribution < 1.29 is 4.79 Å². The first-order chi connectivity index (χ1) is 9.51. The quantitative estimate of drug-likeness (QED) is 0.818. The molecule has 1 unspecified atom stereocenters. The summed E-state index contributed by atoms with van der Waals surface area (Å²) in [6, 6.07) is 2.62. The monoisotopic (exact) mass is 297 g/mol. The standard InChI is InChI=1S/C15H27N3OS/c1-5-13(6-2)17-14(19)12(3)18-9-7-15(11-16,20-4)8-10-18/h12-13H,5-10H2,1-4H3,(H,17,19). The van der Waals surface area contributed by atoms with Crippen molar-refractivity contribution in [2.24, 2.45) is 0 Å². The summed E-state index contributed by atoms with van der Waals surface area (Å²) < 4.78 is -0.248. The van der Waals surface area contributed by atoms with E-state index in [9.17, 15) is 10.1 Å². The first-order valence-corrected chi connectivity index (χ1v) is 8.75. The Balaban J connectivity index is 2.52. The third-order valence-corrected chi connectivity index (χ3v) is 5.74. The number of hydrogen-bond donors (Lipinski definition) is 1. The summed E-state index contributed by atoms with van der Waals surface area (Å²) >= 11 is 1.64. The van der Waals surface area contributed by atoms with Gasteiger partial charge in [-0.3, -0.25) is 9.69 Å². The molecular weight excluding hydrogens is 270 g/mol. The molecule has 1 heterocycles. The van der Waals surface area contributed by atoms with Gasteiger partial charge in [0.2, 0.25) is 5.91 Å². The number of nitriles is 1. The fourth-order valence-corrected chi connectivity index (χ4v) is 3.30. The maximum absolute atomic E-state index is 12.2. The van der Waals surface area contributed by atoms with Crippen molar-refractivity contribution in [1.82, 2.24) is 10.2 Å². The number of carbonyl (C=O) groups excluding carboxylic acids is 1. The Morgan fingerprint density at radius 3 is 2.35 bits per heavy atom. The first-order valence-electron chi connectivity index (χ1n) is 7.52. The lowest BCUT2D eigenvalue weighted by Crippen LogP contribution is -2.52. The van der Waals surface area contributed by atoms with Crippen molar-refractivity contribution in [1.29, 1.82) is 5.26 Å². The predicted molar refractivity (Wildman–Crippen MR) is 84.6 cm³/mol. The highest BCUT2D eigenvalue weighted by Gasteiger charge is 2.36. The molecule has 5 heteroatoms. The molecule has 0 radical (unpaired) electrons. The molecule has 1 aliphatic heterocycles. The number of amides is 1. The van der Waals surface area contributed by atoms with Gasteiger partial charge in [-0.2, -0.15) is 5.26 Å². The van der Waals surface area contributed by atoms with E-state index < -0.39 is 0 Å². The van der Waals surface area contributed by atoms with E-state index >= 15 is 0 Å². The second kappa shape index (κ2) is 7.90. The normalized spacial score (nSPS) is 20.4. The van der Waals surface area contributed by atoms with Gasteiger partial charge < -0.3 is 5.32 Å². The molecule has 0 spiro atoms. The molecule has 20 heavy (non-hydrogen) atoms. The Labute approximate surface area is 127 Å². The molecule has 1 rings (SSSR count). The number of hydrogen-bond acceptors (Lipinski definition) is 4. The molecule has 0 aromatic rings. The van der Waals surface area contributed by atoms with Crippen LogP contribution >= 0.6 is 11.8 Å². The Bertz CT molecular complexity index is 355. The van der Waals surface area contributed by atoms with Gasteiger partial charge in [0.1, 0.15) is 4.75 Å². The van der Waals surface area contributed by atoms with Crippen LogP contribution in [0.2, 0.25) is 0 Å². The van der Waals surface area contributed by atoms with Crippen LogP contribution in [0, 0.1) is 11.3 Å². The number of carbonyl (C=O) groups is 1. The van der Waals surface area contributed by atoms with Crippen molar-refractivity contribution in [3.63, 3.8) is 0 Å². The van der Waals surface area contributed by atoms with Gasteiger partial charge in [-0.05, 0) is 38.9 Å². The van der Waals surface area contributed by atoms with Crippen molar-refractivity contribution in [2.75, 3.05) is 19.3 Å². The number of piperidine rings is 1. The van der Waals surface area contributed by atoms with E-state index in [4.69, 9.17) is 0 Å². The Kier molecular flexibility index (Phi) is 6.84. The van der Waals surface area contributed by atoms with Crippen LogP contribution in [0.4, 0.5) is 0 Å². The summed E-state index contributed by atoms with van der Waals surface area (Å²) in [5, 5.41) is 12.4. The highest BCUT2D eigenvalue weighted by atomic mass is 32.2. The highest BCUT2D eigenvalue weighted by molar-refractivity contribution is 8.00. The van der Waals surface area contributed by atoms with Gasteiger partial charge in [-0.25, -0.2) is 0 Å². The molecule has 0 aromatic heterocycles. The topological polar surface area (TPSA) is 56.1 Å². The number of rotatable bonds is 6. The van der Waals surface area contributed by atoms with E-state index in [1.54, 1.807) is 11.8 Å². The van der Waals surface area contributed by atoms with E-state index in [0.717, 1.165) is 38.8 Å². The molecular formula is C15H27N3OS. The second-order valence-electron chi connectivity index (χ2n) is 5.54. The molecule has 1 saturated heterocycles. The van der Waals surface area contributed by atoms with Crippen LogP contribution in [-0.4, -0.2) is 47.0 Å². The first kappa shape index (κ1) is 17.3. The van der Waals surface area contributed by atoms with Gasteiger partial charge in [0.05, 0.1) is 12.1 Å². The van der Waals surface area contributed by atoms with Crippen molar-refractivity contribution in [3.05, 3.63) is 0 Å². The summed E-state index contributed by atoms with van der Waals surface area (Å²) in [7, 11) is 0.